The first kappa shape index (κ1) is 13.5. The molecule has 0 amide bonds. The second kappa shape index (κ2) is 5.77. The predicted octanol–water partition coefficient (Wildman–Crippen LogP) is 2.28. The number of non-ortho nitro benzene ring substituents is 1. The monoisotopic (exact) mass is 313 g/mol. The minimum absolute atomic E-state index is 0.112. The number of nitrogens with two attached hydrogens (primary N) is 1. The molecule has 1 aliphatic rings. The van der Waals surface area contributed by atoms with Crippen molar-refractivity contribution in [3.8, 4) is 0 Å². The smallest absolute Gasteiger partial charge is 0.270 e. The Hall–Kier alpha value is -0.980. The van der Waals surface area contributed by atoms with Gasteiger partial charge in [-0.25, -0.2) is 0 Å². The van der Waals surface area contributed by atoms with Crippen LogP contribution >= 0.6 is 15.9 Å². The summed E-state index contributed by atoms with van der Waals surface area (Å²) >= 11 is 3.40. The van der Waals surface area contributed by atoms with Gasteiger partial charge in [-0.1, -0.05) is 15.9 Å². The molecule has 1 fully saturated rings. The van der Waals surface area contributed by atoms with Crippen LogP contribution in [-0.2, 0) is 6.54 Å². The summed E-state index contributed by atoms with van der Waals surface area (Å²) in [7, 11) is 0. The quantitative estimate of drug-likeness (QED) is 0.686. The lowest BCUT2D eigenvalue weighted by atomic mass is 10.1. The number of halogens is 1. The van der Waals surface area contributed by atoms with Crippen LogP contribution in [0.25, 0.3) is 0 Å². The minimum Gasteiger partial charge on any atom is -0.327 e. The maximum absolute atomic E-state index is 10.7. The molecule has 1 saturated heterocycles. The van der Waals surface area contributed by atoms with E-state index >= 15 is 0 Å². The van der Waals surface area contributed by atoms with Crippen LogP contribution in [0.2, 0.25) is 0 Å². The first-order valence-corrected chi connectivity index (χ1v) is 6.76. The van der Waals surface area contributed by atoms with E-state index in [9.17, 15) is 10.1 Å². The van der Waals surface area contributed by atoms with Gasteiger partial charge in [0.25, 0.3) is 5.69 Å². The molecule has 1 atom stereocenters. The van der Waals surface area contributed by atoms with Crippen molar-refractivity contribution >= 4 is 21.6 Å². The van der Waals surface area contributed by atoms with E-state index in [2.05, 4.69) is 20.8 Å². The SMILES string of the molecule is N[C@@H]1CCCN(Cc2ccc([N+](=O)[O-])cc2Br)C1. The summed E-state index contributed by atoms with van der Waals surface area (Å²) in [6.07, 6.45) is 2.20. The van der Waals surface area contributed by atoms with Gasteiger partial charge in [0.1, 0.15) is 0 Å². The second-order valence-electron chi connectivity index (χ2n) is 4.67. The third-order valence-corrected chi connectivity index (χ3v) is 3.92. The van der Waals surface area contributed by atoms with Gasteiger partial charge in [-0.3, -0.25) is 15.0 Å². The molecule has 1 heterocycles. The third-order valence-electron chi connectivity index (χ3n) is 3.18. The summed E-state index contributed by atoms with van der Waals surface area (Å²) in [5, 5.41) is 10.7. The van der Waals surface area contributed by atoms with Crippen molar-refractivity contribution in [2.45, 2.75) is 25.4 Å². The predicted molar refractivity (Wildman–Crippen MR) is 73.3 cm³/mol. The standard InChI is InChI=1S/C12H16BrN3O2/c13-12-6-11(16(17)18)4-3-9(12)7-15-5-1-2-10(14)8-15/h3-4,6,10H,1-2,5,7-8,14H2/t10-/m1/s1. The molecular weight excluding hydrogens is 298 g/mol. The Balaban J connectivity index is 2.07. The Kier molecular flexibility index (Phi) is 4.31. The molecule has 18 heavy (non-hydrogen) atoms. The molecule has 0 unspecified atom stereocenters. The van der Waals surface area contributed by atoms with E-state index in [4.69, 9.17) is 5.73 Å². The maximum atomic E-state index is 10.7. The summed E-state index contributed by atoms with van der Waals surface area (Å²) in [6, 6.07) is 5.15. The largest absolute Gasteiger partial charge is 0.327 e. The first-order valence-electron chi connectivity index (χ1n) is 5.97. The molecule has 0 aromatic heterocycles. The number of hydrogen-bond acceptors (Lipinski definition) is 4. The van der Waals surface area contributed by atoms with E-state index in [1.54, 1.807) is 12.1 Å². The van der Waals surface area contributed by atoms with E-state index in [1.165, 1.54) is 0 Å². The van der Waals surface area contributed by atoms with Gasteiger partial charge in [-0.15, -0.1) is 0 Å². The molecule has 1 aromatic carbocycles. The van der Waals surface area contributed by atoms with Gasteiger partial charge in [-0.2, -0.15) is 0 Å². The molecule has 0 bridgehead atoms. The van der Waals surface area contributed by atoms with Crippen LogP contribution in [0.5, 0.6) is 0 Å². The normalized spacial score (nSPS) is 20.9. The van der Waals surface area contributed by atoms with Crippen molar-refractivity contribution in [2.24, 2.45) is 5.73 Å². The molecule has 0 aliphatic carbocycles. The number of nitro benzene ring substituents is 1. The van der Waals surface area contributed by atoms with Gasteiger partial charge in [0.2, 0.25) is 0 Å². The molecular formula is C12H16BrN3O2. The van der Waals surface area contributed by atoms with Crippen LogP contribution in [-0.4, -0.2) is 29.0 Å². The number of piperidine rings is 1. The third kappa shape index (κ3) is 3.28. The number of rotatable bonds is 3. The lowest BCUT2D eigenvalue weighted by molar-refractivity contribution is -0.384. The van der Waals surface area contributed by atoms with Gasteiger partial charge >= 0.3 is 0 Å². The Bertz CT molecular complexity index is 453. The van der Waals surface area contributed by atoms with Crippen LogP contribution in [0, 0.1) is 10.1 Å². The molecule has 1 aromatic rings. The highest BCUT2D eigenvalue weighted by Gasteiger charge is 2.18. The van der Waals surface area contributed by atoms with Crippen molar-refractivity contribution in [1.29, 1.82) is 0 Å². The van der Waals surface area contributed by atoms with Crippen LogP contribution in [0.4, 0.5) is 5.69 Å². The highest BCUT2D eigenvalue weighted by molar-refractivity contribution is 9.10. The molecule has 1 aliphatic heterocycles. The van der Waals surface area contributed by atoms with Crippen molar-refractivity contribution in [2.75, 3.05) is 13.1 Å². The highest BCUT2D eigenvalue weighted by atomic mass is 79.9. The van der Waals surface area contributed by atoms with Gasteiger partial charge in [-0.05, 0) is 31.0 Å². The minimum atomic E-state index is -0.384. The summed E-state index contributed by atoms with van der Waals surface area (Å²) in [5.41, 5.74) is 7.11. The molecule has 98 valence electrons. The van der Waals surface area contributed by atoms with Crippen LogP contribution in [0.1, 0.15) is 18.4 Å². The Morgan fingerprint density at radius 1 is 1.56 bits per heavy atom. The number of nitro groups is 1. The fourth-order valence-corrected chi connectivity index (χ4v) is 2.75. The van der Waals surface area contributed by atoms with Gasteiger partial charge in [0.15, 0.2) is 0 Å². The van der Waals surface area contributed by atoms with E-state index in [-0.39, 0.29) is 16.7 Å². The number of nitrogens with zero attached hydrogens (tertiary/aromatic N) is 2. The van der Waals surface area contributed by atoms with E-state index in [1.807, 2.05) is 6.07 Å². The highest BCUT2D eigenvalue weighted by Crippen LogP contribution is 2.25. The molecule has 2 rings (SSSR count). The van der Waals surface area contributed by atoms with Crippen molar-refractivity contribution in [3.05, 3.63) is 38.3 Å². The summed E-state index contributed by atoms with van der Waals surface area (Å²) < 4.78 is 0.788. The van der Waals surface area contributed by atoms with Crippen molar-refractivity contribution in [3.63, 3.8) is 0 Å². The zero-order valence-corrected chi connectivity index (χ0v) is 11.6. The van der Waals surface area contributed by atoms with E-state index in [0.29, 0.717) is 0 Å². The summed E-state index contributed by atoms with van der Waals surface area (Å²) in [5.74, 6) is 0. The Morgan fingerprint density at radius 2 is 2.33 bits per heavy atom. The zero-order chi connectivity index (χ0) is 13.1. The second-order valence-corrected chi connectivity index (χ2v) is 5.52. The number of hydrogen-bond donors (Lipinski definition) is 1. The number of benzene rings is 1. The molecule has 2 N–H and O–H groups in total. The van der Waals surface area contributed by atoms with Crippen LogP contribution < -0.4 is 5.73 Å². The molecule has 0 saturated carbocycles. The first-order chi connectivity index (χ1) is 8.56. The fraction of sp³-hybridized carbons (Fsp3) is 0.500. The Labute approximate surface area is 114 Å². The average molecular weight is 314 g/mol. The van der Waals surface area contributed by atoms with Gasteiger partial charge in [0.05, 0.1) is 4.92 Å². The average Bonchev–Trinajstić information content (AvgIpc) is 2.31. The van der Waals surface area contributed by atoms with E-state index < -0.39 is 0 Å². The fourth-order valence-electron chi connectivity index (χ4n) is 2.25. The van der Waals surface area contributed by atoms with Crippen molar-refractivity contribution < 1.29 is 4.92 Å². The van der Waals surface area contributed by atoms with E-state index in [0.717, 1.165) is 42.5 Å². The zero-order valence-electron chi connectivity index (χ0n) is 10.0. The van der Waals surface area contributed by atoms with Crippen LogP contribution in [0.15, 0.2) is 22.7 Å². The maximum Gasteiger partial charge on any atom is 0.270 e. The molecule has 5 nitrogen and oxygen atoms in total. The van der Waals surface area contributed by atoms with Gasteiger partial charge < -0.3 is 5.73 Å². The number of likely N-dealkylation sites (tertiary alicyclic amines) is 1. The lowest BCUT2D eigenvalue weighted by Crippen LogP contribution is -2.42. The lowest BCUT2D eigenvalue weighted by Gasteiger charge is -2.30. The summed E-state index contributed by atoms with van der Waals surface area (Å²) in [4.78, 5) is 12.6. The molecule has 0 spiro atoms. The Morgan fingerprint density at radius 3 is 2.94 bits per heavy atom. The molecule has 0 radical (unpaired) electrons. The van der Waals surface area contributed by atoms with Crippen molar-refractivity contribution in [1.82, 2.24) is 4.90 Å². The topological polar surface area (TPSA) is 72.4 Å². The van der Waals surface area contributed by atoms with Crippen LogP contribution in [0.3, 0.4) is 0 Å². The molecule has 6 heteroatoms. The van der Waals surface area contributed by atoms with Gasteiger partial charge in [0, 0.05) is 35.7 Å². The summed E-state index contributed by atoms with van der Waals surface area (Å²) in [6.45, 7) is 2.72.